The molecule has 1 atom stereocenters. The molecule has 4 rings (SSSR count). The van der Waals surface area contributed by atoms with Gasteiger partial charge in [0.2, 0.25) is 0 Å². The Morgan fingerprint density at radius 2 is 1.35 bits per heavy atom. The Morgan fingerprint density at radius 3 is 2.03 bits per heavy atom. The fraction of sp³-hybridized carbons (Fsp3) is 0.103. The van der Waals surface area contributed by atoms with Gasteiger partial charge in [-0.2, -0.15) is 0 Å². The number of methoxy groups -OCH3 is 1. The van der Waals surface area contributed by atoms with Gasteiger partial charge in [0.15, 0.2) is 0 Å². The number of carbonyl (C=O) groups excluding carboxylic acids is 1. The zero-order valence-corrected chi connectivity index (χ0v) is 18.8. The molecule has 0 bridgehead atoms. The zero-order chi connectivity index (χ0) is 23.9. The maximum absolute atomic E-state index is 13.1. The molecule has 5 heteroatoms. The van der Waals surface area contributed by atoms with Gasteiger partial charge in [0.05, 0.1) is 7.11 Å². The lowest BCUT2D eigenvalue weighted by Crippen LogP contribution is -2.42. The number of amides is 1. The summed E-state index contributed by atoms with van der Waals surface area (Å²) in [6.45, 7) is 0. The summed E-state index contributed by atoms with van der Waals surface area (Å²) in [5.41, 5.74) is 4.82. The van der Waals surface area contributed by atoms with E-state index in [1.807, 2.05) is 91.0 Å². The monoisotopic (exact) mass is 451 g/mol. The second-order valence-electron chi connectivity index (χ2n) is 7.88. The first-order valence-electron chi connectivity index (χ1n) is 11.0. The molecule has 1 unspecified atom stereocenters. The van der Waals surface area contributed by atoms with Crippen molar-refractivity contribution in [3.63, 3.8) is 0 Å². The molecule has 0 heterocycles. The summed E-state index contributed by atoms with van der Waals surface area (Å²) in [4.78, 5) is 25.0. The van der Waals surface area contributed by atoms with E-state index in [9.17, 15) is 14.7 Å². The molecule has 0 radical (unpaired) electrons. The van der Waals surface area contributed by atoms with E-state index in [2.05, 4.69) is 5.32 Å². The Morgan fingerprint density at radius 1 is 0.765 bits per heavy atom. The molecule has 170 valence electrons. The van der Waals surface area contributed by atoms with Crippen molar-refractivity contribution in [3.8, 4) is 28.0 Å². The third-order valence-electron chi connectivity index (χ3n) is 5.67. The molecule has 0 aliphatic carbocycles. The van der Waals surface area contributed by atoms with Crippen molar-refractivity contribution >= 4 is 11.9 Å². The van der Waals surface area contributed by atoms with Gasteiger partial charge >= 0.3 is 5.97 Å². The molecule has 0 fully saturated rings. The Bertz CT molecular complexity index is 1280. The van der Waals surface area contributed by atoms with Crippen molar-refractivity contribution < 1.29 is 19.4 Å². The molecular weight excluding hydrogens is 426 g/mol. The van der Waals surface area contributed by atoms with Crippen LogP contribution in [0.5, 0.6) is 5.75 Å². The normalized spacial score (nSPS) is 11.4. The minimum Gasteiger partial charge on any atom is -0.496 e. The number of aliphatic carboxylic acids is 1. The minimum atomic E-state index is -1.08. The Labute approximate surface area is 198 Å². The average molecular weight is 452 g/mol. The second kappa shape index (κ2) is 10.5. The molecular formula is C29H25NO4. The third kappa shape index (κ3) is 5.15. The number of carboxylic acids is 1. The first kappa shape index (κ1) is 22.8. The van der Waals surface area contributed by atoms with Gasteiger partial charge in [-0.15, -0.1) is 0 Å². The highest BCUT2D eigenvalue weighted by Crippen LogP contribution is 2.30. The van der Waals surface area contributed by atoms with Crippen molar-refractivity contribution in [1.82, 2.24) is 5.32 Å². The quantitative estimate of drug-likeness (QED) is 0.373. The summed E-state index contributed by atoms with van der Waals surface area (Å²) in [6.07, 6.45) is 0.167. The van der Waals surface area contributed by atoms with Gasteiger partial charge in [0.25, 0.3) is 5.91 Å². The van der Waals surface area contributed by atoms with E-state index in [1.165, 1.54) is 0 Å². The maximum atomic E-state index is 13.1. The molecule has 0 aliphatic rings. The van der Waals surface area contributed by atoms with Crippen LogP contribution in [-0.2, 0) is 11.2 Å². The van der Waals surface area contributed by atoms with E-state index < -0.39 is 17.9 Å². The predicted octanol–water partition coefficient (Wildman–Crippen LogP) is 5.45. The van der Waals surface area contributed by atoms with Crippen LogP contribution in [-0.4, -0.2) is 30.1 Å². The van der Waals surface area contributed by atoms with E-state index in [4.69, 9.17) is 4.74 Å². The van der Waals surface area contributed by atoms with Gasteiger partial charge in [-0.05, 0) is 34.4 Å². The molecule has 34 heavy (non-hydrogen) atoms. The van der Waals surface area contributed by atoms with E-state index in [0.29, 0.717) is 5.56 Å². The number of carboxylic acid groups (broad SMARTS) is 1. The molecule has 0 spiro atoms. The molecule has 0 saturated carbocycles. The first-order chi connectivity index (χ1) is 16.6. The number of para-hydroxylation sites is 1. The highest BCUT2D eigenvalue weighted by molar-refractivity contribution is 6.02. The lowest BCUT2D eigenvalue weighted by Gasteiger charge is -2.17. The molecule has 0 aromatic heterocycles. The Balaban J connectivity index is 1.52. The van der Waals surface area contributed by atoms with Gasteiger partial charge in [0, 0.05) is 17.5 Å². The Kier molecular flexibility index (Phi) is 7.04. The number of hydrogen-bond acceptors (Lipinski definition) is 3. The molecule has 1 amide bonds. The van der Waals surface area contributed by atoms with Crippen molar-refractivity contribution in [1.29, 1.82) is 0 Å². The van der Waals surface area contributed by atoms with E-state index in [1.54, 1.807) is 19.2 Å². The fourth-order valence-corrected chi connectivity index (χ4v) is 3.93. The fourth-order valence-electron chi connectivity index (χ4n) is 3.93. The van der Waals surface area contributed by atoms with Gasteiger partial charge in [-0.25, -0.2) is 4.79 Å². The molecule has 4 aromatic rings. The number of ether oxygens (including phenoxy) is 1. The van der Waals surface area contributed by atoms with Crippen molar-refractivity contribution in [2.24, 2.45) is 0 Å². The summed E-state index contributed by atoms with van der Waals surface area (Å²) in [6, 6.07) is 31.0. The summed E-state index contributed by atoms with van der Waals surface area (Å²) in [5, 5.41) is 12.5. The maximum Gasteiger partial charge on any atom is 0.326 e. The van der Waals surface area contributed by atoms with Crippen LogP contribution in [0.3, 0.4) is 0 Å². The van der Waals surface area contributed by atoms with Crippen LogP contribution in [0.25, 0.3) is 22.3 Å². The van der Waals surface area contributed by atoms with Crippen LogP contribution in [0, 0.1) is 0 Å². The van der Waals surface area contributed by atoms with Gasteiger partial charge in [0.1, 0.15) is 11.8 Å². The standard InChI is InChI=1S/C29H25NO4/c1-34-27-14-8-7-12-24(27)22-17-15-20(16-18-22)19-26(29(32)33)30-28(31)25-13-6-5-11-23(25)21-9-3-2-4-10-21/h2-18,26H,19H2,1H3,(H,30,31)(H,32,33). The van der Waals surface area contributed by atoms with Crippen LogP contribution < -0.4 is 10.1 Å². The van der Waals surface area contributed by atoms with Gasteiger partial charge in [-0.1, -0.05) is 91.0 Å². The van der Waals surface area contributed by atoms with Crippen LogP contribution in [0.1, 0.15) is 15.9 Å². The van der Waals surface area contributed by atoms with Gasteiger partial charge in [-0.3, -0.25) is 4.79 Å². The summed E-state index contributed by atoms with van der Waals surface area (Å²) in [5.74, 6) is -0.736. The molecule has 0 aliphatic heterocycles. The average Bonchev–Trinajstić information content (AvgIpc) is 2.89. The molecule has 5 nitrogen and oxygen atoms in total. The van der Waals surface area contributed by atoms with E-state index in [-0.39, 0.29) is 6.42 Å². The van der Waals surface area contributed by atoms with Crippen molar-refractivity contribution in [2.45, 2.75) is 12.5 Å². The highest BCUT2D eigenvalue weighted by Gasteiger charge is 2.23. The van der Waals surface area contributed by atoms with Crippen molar-refractivity contribution in [3.05, 3.63) is 114 Å². The van der Waals surface area contributed by atoms with Crippen LogP contribution in [0.15, 0.2) is 103 Å². The third-order valence-corrected chi connectivity index (χ3v) is 5.67. The number of rotatable bonds is 8. The first-order valence-corrected chi connectivity index (χ1v) is 11.0. The lowest BCUT2D eigenvalue weighted by molar-refractivity contribution is -0.139. The van der Waals surface area contributed by atoms with Crippen LogP contribution in [0.4, 0.5) is 0 Å². The molecule has 4 aromatic carbocycles. The SMILES string of the molecule is COc1ccccc1-c1ccc(CC(NC(=O)c2ccccc2-c2ccccc2)C(=O)O)cc1. The highest BCUT2D eigenvalue weighted by atomic mass is 16.5. The molecule has 2 N–H and O–H groups in total. The summed E-state index contributed by atoms with van der Waals surface area (Å²) < 4.78 is 5.43. The minimum absolute atomic E-state index is 0.167. The Hall–Kier alpha value is -4.38. The van der Waals surface area contributed by atoms with E-state index >= 15 is 0 Å². The van der Waals surface area contributed by atoms with E-state index in [0.717, 1.165) is 33.6 Å². The lowest BCUT2D eigenvalue weighted by atomic mass is 9.98. The number of nitrogens with one attached hydrogen (secondary N) is 1. The summed E-state index contributed by atoms with van der Waals surface area (Å²) >= 11 is 0. The van der Waals surface area contributed by atoms with Crippen LogP contribution in [0.2, 0.25) is 0 Å². The summed E-state index contributed by atoms with van der Waals surface area (Å²) in [7, 11) is 1.63. The predicted molar refractivity (Wildman–Crippen MR) is 133 cm³/mol. The topological polar surface area (TPSA) is 75.6 Å². The second-order valence-corrected chi connectivity index (χ2v) is 7.88. The largest absolute Gasteiger partial charge is 0.496 e. The van der Waals surface area contributed by atoms with Gasteiger partial charge < -0.3 is 15.2 Å². The number of hydrogen-bond donors (Lipinski definition) is 2. The number of carbonyl (C=O) groups is 2. The van der Waals surface area contributed by atoms with Crippen LogP contribution >= 0.6 is 0 Å². The van der Waals surface area contributed by atoms with Crippen molar-refractivity contribution in [2.75, 3.05) is 7.11 Å². The smallest absolute Gasteiger partial charge is 0.326 e. The zero-order valence-electron chi connectivity index (χ0n) is 18.8. The molecule has 0 saturated heterocycles. The number of benzene rings is 4.